The molecular weight excluding hydrogens is 295 g/mol. The van der Waals surface area contributed by atoms with Crippen LogP contribution in [0.2, 0.25) is 0 Å². The van der Waals surface area contributed by atoms with E-state index in [1.807, 2.05) is 35.2 Å². The number of halogens is 1. The third-order valence-corrected chi connectivity index (χ3v) is 3.61. The summed E-state index contributed by atoms with van der Waals surface area (Å²) < 4.78 is 13.0. The predicted octanol–water partition coefficient (Wildman–Crippen LogP) is 2.24. The van der Waals surface area contributed by atoms with Gasteiger partial charge in [-0.3, -0.25) is 9.69 Å². The van der Waals surface area contributed by atoms with Gasteiger partial charge in [-0.25, -0.2) is 4.39 Å². The fraction of sp³-hybridized carbons (Fsp3) is 0.278. The van der Waals surface area contributed by atoms with Crippen LogP contribution < -0.4 is 5.73 Å². The molecule has 122 valence electrons. The molecule has 0 saturated carbocycles. The van der Waals surface area contributed by atoms with Crippen molar-refractivity contribution in [1.29, 1.82) is 0 Å². The minimum atomic E-state index is -0.757. The molecule has 2 aromatic carbocycles. The molecule has 0 radical (unpaired) electrons. The zero-order chi connectivity index (χ0) is 16.7. The number of aliphatic hydroxyl groups excluding tert-OH is 1. The Bertz CT molecular complexity index is 617. The first kappa shape index (κ1) is 17.1. The summed E-state index contributed by atoms with van der Waals surface area (Å²) in [6.45, 7) is 1.41. The summed E-state index contributed by atoms with van der Waals surface area (Å²) in [7, 11) is 0. The molecule has 2 rings (SSSR count). The van der Waals surface area contributed by atoms with E-state index in [-0.39, 0.29) is 18.1 Å². The smallest absolute Gasteiger partial charge is 0.218 e. The second-order valence-corrected chi connectivity index (χ2v) is 5.50. The Morgan fingerprint density at radius 1 is 1.13 bits per heavy atom. The molecule has 2 aromatic rings. The maximum Gasteiger partial charge on any atom is 0.218 e. The van der Waals surface area contributed by atoms with E-state index in [0.717, 1.165) is 5.56 Å². The summed E-state index contributed by atoms with van der Waals surface area (Å²) in [5, 5.41) is 10.3. The Morgan fingerprint density at radius 2 is 1.78 bits per heavy atom. The molecule has 0 heterocycles. The van der Waals surface area contributed by atoms with Gasteiger partial charge in [-0.05, 0) is 23.3 Å². The van der Waals surface area contributed by atoms with Crippen LogP contribution in [0.1, 0.15) is 23.7 Å². The average molecular weight is 316 g/mol. The van der Waals surface area contributed by atoms with E-state index in [1.54, 1.807) is 12.1 Å². The molecule has 0 spiro atoms. The van der Waals surface area contributed by atoms with Crippen molar-refractivity contribution < 1.29 is 14.3 Å². The number of rotatable bonds is 8. The number of primary amides is 1. The average Bonchev–Trinajstić information content (AvgIpc) is 2.54. The van der Waals surface area contributed by atoms with E-state index >= 15 is 0 Å². The van der Waals surface area contributed by atoms with Crippen LogP contribution in [0, 0.1) is 5.82 Å². The number of nitrogens with zero attached hydrogens (tertiary/aromatic N) is 1. The fourth-order valence-electron chi connectivity index (χ4n) is 2.38. The number of amides is 1. The SMILES string of the molecule is NC(=O)CCN(Cc1ccccc1)CC(O)c1ccc(F)cc1. The van der Waals surface area contributed by atoms with E-state index < -0.39 is 6.10 Å². The molecule has 0 aliphatic carbocycles. The van der Waals surface area contributed by atoms with Gasteiger partial charge < -0.3 is 10.8 Å². The molecule has 1 atom stereocenters. The first-order valence-corrected chi connectivity index (χ1v) is 7.52. The van der Waals surface area contributed by atoms with Gasteiger partial charge >= 0.3 is 0 Å². The van der Waals surface area contributed by atoms with Gasteiger partial charge in [0.1, 0.15) is 5.82 Å². The van der Waals surface area contributed by atoms with Crippen molar-refractivity contribution in [1.82, 2.24) is 4.90 Å². The highest BCUT2D eigenvalue weighted by molar-refractivity contribution is 5.73. The van der Waals surface area contributed by atoms with E-state index in [0.29, 0.717) is 25.2 Å². The van der Waals surface area contributed by atoms with Crippen LogP contribution in [-0.2, 0) is 11.3 Å². The molecule has 0 aromatic heterocycles. The van der Waals surface area contributed by atoms with Crippen LogP contribution in [0.5, 0.6) is 0 Å². The topological polar surface area (TPSA) is 66.6 Å². The molecule has 5 heteroatoms. The Labute approximate surface area is 135 Å². The van der Waals surface area contributed by atoms with Crippen LogP contribution in [0.3, 0.4) is 0 Å². The lowest BCUT2D eigenvalue weighted by Crippen LogP contribution is -2.31. The lowest BCUT2D eigenvalue weighted by molar-refractivity contribution is -0.118. The van der Waals surface area contributed by atoms with Crippen molar-refractivity contribution >= 4 is 5.91 Å². The van der Waals surface area contributed by atoms with Gasteiger partial charge in [-0.2, -0.15) is 0 Å². The van der Waals surface area contributed by atoms with E-state index in [4.69, 9.17) is 5.73 Å². The van der Waals surface area contributed by atoms with Crippen LogP contribution in [0.15, 0.2) is 54.6 Å². The van der Waals surface area contributed by atoms with Gasteiger partial charge in [-0.1, -0.05) is 42.5 Å². The van der Waals surface area contributed by atoms with Crippen LogP contribution in [0.25, 0.3) is 0 Å². The number of hydrogen-bond acceptors (Lipinski definition) is 3. The fourth-order valence-corrected chi connectivity index (χ4v) is 2.38. The summed E-state index contributed by atoms with van der Waals surface area (Å²) in [4.78, 5) is 13.0. The Balaban J connectivity index is 2.03. The van der Waals surface area contributed by atoms with E-state index in [1.165, 1.54) is 12.1 Å². The number of hydrogen-bond donors (Lipinski definition) is 2. The second-order valence-electron chi connectivity index (χ2n) is 5.50. The van der Waals surface area contributed by atoms with Crippen molar-refractivity contribution in [2.45, 2.75) is 19.1 Å². The first-order valence-electron chi connectivity index (χ1n) is 7.52. The van der Waals surface area contributed by atoms with Gasteiger partial charge in [0, 0.05) is 26.1 Å². The highest BCUT2D eigenvalue weighted by atomic mass is 19.1. The van der Waals surface area contributed by atoms with Gasteiger partial charge in [0.25, 0.3) is 0 Å². The minimum Gasteiger partial charge on any atom is -0.387 e. The summed E-state index contributed by atoms with van der Waals surface area (Å²) in [5.74, 6) is -0.713. The lowest BCUT2D eigenvalue weighted by atomic mass is 10.1. The zero-order valence-corrected chi connectivity index (χ0v) is 12.9. The molecule has 0 saturated heterocycles. The number of aliphatic hydroxyl groups is 1. The predicted molar refractivity (Wildman–Crippen MR) is 86.9 cm³/mol. The second kappa shape index (κ2) is 8.41. The number of carbonyl (C=O) groups is 1. The number of benzene rings is 2. The van der Waals surface area contributed by atoms with Crippen molar-refractivity contribution in [3.63, 3.8) is 0 Å². The van der Waals surface area contributed by atoms with Gasteiger partial charge in [-0.15, -0.1) is 0 Å². The third kappa shape index (κ3) is 5.81. The maximum atomic E-state index is 13.0. The van der Waals surface area contributed by atoms with E-state index in [2.05, 4.69) is 0 Å². The highest BCUT2D eigenvalue weighted by Crippen LogP contribution is 2.16. The van der Waals surface area contributed by atoms with Crippen LogP contribution in [-0.4, -0.2) is 29.0 Å². The first-order chi connectivity index (χ1) is 11.0. The molecule has 0 bridgehead atoms. The van der Waals surface area contributed by atoms with Crippen molar-refractivity contribution in [2.75, 3.05) is 13.1 Å². The highest BCUT2D eigenvalue weighted by Gasteiger charge is 2.15. The van der Waals surface area contributed by atoms with Crippen LogP contribution in [0.4, 0.5) is 4.39 Å². The molecule has 4 nitrogen and oxygen atoms in total. The Kier molecular flexibility index (Phi) is 6.26. The van der Waals surface area contributed by atoms with Gasteiger partial charge in [0.2, 0.25) is 5.91 Å². The molecule has 23 heavy (non-hydrogen) atoms. The molecule has 1 unspecified atom stereocenters. The summed E-state index contributed by atoms with van der Waals surface area (Å²) in [6.07, 6.45) is -0.532. The monoisotopic (exact) mass is 316 g/mol. The van der Waals surface area contributed by atoms with E-state index in [9.17, 15) is 14.3 Å². The third-order valence-electron chi connectivity index (χ3n) is 3.61. The normalized spacial score (nSPS) is 12.3. The zero-order valence-electron chi connectivity index (χ0n) is 12.9. The Hall–Kier alpha value is -2.24. The molecule has 0 aliphatic rings. The number of carbonyl (C=O) groups excluding carboxylic acids is 1. The summed E-state index contributed by atoms with van der Waals surface area (Å²) in [5.41, 5.74) is 6.95. The lowest BCUT2D eigenvalue weighted by Gasteiger charge is -2.25. The summed E-state index contributed by atoms with van der Waals surface area (Å²) >= 11 is 0. The molecule has 1 amide bonds. The molecule has 3 N–H and O–H groups in total. The minimum absolute atomic E-state index is 0.225. The van der Waals surface area contributed by atoms with Crippen molar-refractivity contribution in [2.24, 2.45) is 5.73 Å². The largest absolute Gasteiger partial charge is 0.387 e. The summed E-state index contributed by atoms with van der Waals surface area (Å²) in [6, 6.07) is 15.6. The Morgan fingerprint density at radius 3 is 2.39 bits per heavy atom. The molecule has 0 fully saturated rings. The quantitative estimate of drug-likeness (QED) is 0.785. The van der Waals surface area contributed by atoms with Crippen molar-refractivity contribution in [3.8, 4) is 0 Å². The molecule has 0 aliphatic heterocycles. The standard InChI is InChI=1S/C18H21FN2O2/c19-16-8-6-15(7-9-16)17(22)13-21(11-10-18(20)23)12-14-4-2-1-3-5-14/h1-9,17,22H,10-13H2,(H2,20,23). The number of nitrogens with two attached hydrogens (primary N) is 1. The molecular formula is C18H21FN2O2. The van der Waals surface area contributed by atoms with Crippen molar-refractivity contribution in [3.05, 3.63) is 71.5 Å². The van der Waals surface area contributed by atoms with Crippen LogP contribution >= 0.6 is 0 Å². The maximum absolute atomic E-state index is 13.0. The van der Waals surface area contributed by atoms with Gasteiger partial charge in [0.15, 0.2) is 0 Å². The van der Waals surface area contributed by atoms with Gasteiger partial charge in [0.05, 0.1) is 6.10 Å².